The molecule has 5 nitrogen and oxygen atoms in total. The van der Waals surface area contributed by atoms with Gasteiger partial charge in [-0.05, 0) is 56.4 Å². The lowest BCUT2D eigenvalue weighted by Gasteiger charge is -2.26. The number of hydrogen-bond acceptors (Lipinski definition) is 6. The zero-order valence-corrected chi connectivity index (χ0v) is 16.6. The summed E-state index contributed by atoms with van der Waals surface area (Å²) in [7, 11) is 0. The van der Waals surface area contributed by atoms with E-state index in [4.69, 9.17) is 4.74 Å². The predicted molar refractivity (Wildman–Crippen MR) is 105 cm³/mol. The van der Waals surface area contributed by atoms with Crippen molar-refractivity contribution in [3.05, 3.63) is 20.8 Å². The molecule has 2 aliphatic carbocycles. The molecule has 0 unspecified atom stereocenters. The van der Waals surface area contributed by atoms with Gasteiger partial charge in [0.05, 0.1) is 11.1 Å². The van der Waals surface area contributed by atoms with Crippen molar-refractivity contribution < 1.29 is 9.53 Å². The van der Waals surface area contributed by atoms with Gasteiger partial charge in [0.1, 0.15) is 10.9 Å². The number of aromatic amines is 1. The number of aryl methyl sites for hydroxylation is 2. The Bertz CT molecular complexity index is 874. The van der Waals surface area contributed by atoms with Crippen molar-refractivity contribution in [2.45, 2.75) is 69.6 Å². The second kappa shape index (κ2) is 7.72. The Kier molecular flexibility index (Phi) is 5.36. The molecule has 0 amide bonds. The molecule has 26 heavy (non-hydrogen) atoms. The molecule has 0 aromatic carbocycles. The summed E-state index contributed by atoms with van der Waals surface area (Å²) in [6.45, 7) is 2.21. The maximum absolute atomic E-state index is 12.5. The van der Waals surface area contributed by atoms with Crippen LogP contribution in [0.3, 0.4) is 0 Å². The second-order valence-corrected chi connectivity index (χ2v) is 9.48. The first-order valence-corrected chi connectivity index (χ1v) is 11.3. The summed E-state index contributed by atoms with van der Waals surface area (Å²) in [6, 6.07) is 0. The molecule has 2 aliphatic rings. The molecule has 1 saturated carbocycles. The summed E-state index contributed by atoms with van der Waals surface area (Å²) in [5.41, 5.74) is 1.11. The number of thioether (sulfide) groups is 1. The van der Waals surface area contributed by atoms with E-state index in [-0.39, 0.29) is 23.4 Å². The van der Waals surface area contributed by atoms with Crippen LogP contribution in [0, 0.1) is 5.92 Å². The van der Waals surface area contributed by atoms with Crippen molar-refractivity contribution in [1.29, 1.82) is 0 Å². The van der Waals surface area contributed by atoms with Gasteiger partial charge in [-0.25, -0.2) is 4.98 Å². The third-order valence-electron chi connectivity index (χ3n) is 5.32. The second-order valence-electron chi connectivity index (χ2n) is 7.43. The molecule has 2 atom stereocenters. The average Bonchev–Trinajstić information content (AvgIpc) is 2.99. The van der Waals surface area contributed by atoms with Crippen molar-refractivity contribution >= 4 is 39.3 Å². The highest BCUT2D eigenvalue weighted by atomic mass is 32.2. The Balaban J connectivity index is 1.42. The van der Waals surface area contributed by atoms with Crippen LogP contribution < -0.4 is 5.56 Å². The molecular formula is C19H24N2O3S2. The van der Waals surface area contributed by atoms with Crippen LogP contribution in [0.25, 0.3) is 10.2 Å². The van der Waals surface area contributed by atoms with Crippen LogP contribution in [-0.2, 0) is 22.4 Å². The number of nitrogens with one attached hydrogen (secondary N) is 1. The van der Waals surface area contributed by atoms with Gasteiger partial charge in [0.25, 0.3) is 5.56 Å². The number of nitrogens with zero attached hydrogens (tertiary/aromatic N) is 1. The van der Waals surface area contributed by atoms with Crippen molar-refractivity contribution in [3.63, 3.8) is 0 Å². The van der Waals surface area contributed by atoms with E-state index >= 15 is 0 Å². The smallest absolute Gasteiger partial charge is 0.316 e. The van der Waals surface area contributed by atoms with E-state index in [0.717, 1.165) is 48.7 Å². The van der Waals surface area contributed by atoms with Crippen molar-refractivity contribution in [1.82, 2.24) is 9.97 Å². The summed E-state index contributed by atoms with van der Waals surface area (Å²) in [5, 5.41) is 1.27. The van der Waals surface area contributed by atoms with Gasteiger partial charge in [-0.2, -0.15) is 0 Å². The van der Waals surface area contributed by atoms with Gasteiger partial charge in [0.15, 0.2) is 5.16 Å². The molecule has 2 aromatic rings. The van der Waals surface area contributed by atoms with Gasteiger partial charge in [-0.1, -0.05) is 25.1 Å². The minimum atomic E-state index is -0.220. The first kappa shape index (κ1) is 18.0. The number of hydrogen-bond donors (Lipinski definition) is 1. The standard InChI is InChI=1S/C19H24N2O3S2/c1-11-5-4-6-12(9-11)24-15(22)10-25-19-20-17(23)16-13-7-2-3-8-14(13)26-18(16)21-19/h11-12H,2-10H2,1H3,(H,20,21,23)/t11-,12-/m1/s1. The number of carbonyl (C=O) groups excluding carboxylic acids is 1. The Hall–Kier alpha value is -1.34. The zero-order chi connectivity index (χ0) is 18.1. The number of H-pyrrole nitrogens is 1. The van der Waals surface area contributed by atoms with Gasteiger partial charge in [0.2, 0.25) is 0 Å². The van der Waals surface area contributed by atoms with Gasteiger partial charge in [0, 0.05) is 4.88 Å². The quantitative estimate of drug-likeness (QED) is 0.482. The number of ether oxygens (including phenoxy) is 1. The molecule has 0 aliphatic heterocycles. The molecule has 0 radical (unpaired) electrons. The topological polar surface area (TPSA) is 72.0 Å². The van der Waals surface area contributed by atoms with Crippen molar-refractivity contribution in [2.24, 2.45) is 5.92 Å². The van der Waals surface area contributed by atoms with E-state index in [1.54, 1.807) is 11.3 Å². The number of carbonyl (C=O) groups is 1. The monoisotopic (exact) mass is 392 g/mol. The third-order valence-corrected chi connectivity index (χ3v) is 7.35. The van der Waals surface area contributed by atoms with Crippen LogP contribution in [0.1, 0.15) is 55.9 Å². The summed E-state index contributed by atoms with van der Waals surface area (Å²) >= 11 is 2.89. The largest absolute Gasteiger partial charge is 0.462 e. The fourth-order valence-electron chi connectivity index (χ4n) is 4.05. The van der Waals surface area contributed by atoms with Crippen molar-refractivity contribution in [3.8, 4) is 0 Å². The van der Waals surface area contributed by atoms with E-state index < -0.39 is 0 Å². The Morgan fingerprint density at radius 3 is 3.00 bits per heavy atom. The molecule has 2 aromatic heterocycles. The Morgan fingerprint density at radius 1 is 1.31 bits per heavy atom. The highest BCUT2D eigenvalue weighted by Crippen LogP contribution is 2.34. The summed E-state index contributed by atoms with van der Waals surface area (Å²) in [6.07, 6.45) is 8.65. The lowest BCUT2D eigenvalue weighted by molar-refractivity contribution is -0.147. The maximum Gasteiger partial charge on any atom is 0.316 e. The molecule has 7 heteroatoms. The Labute approximate surface area is 160 Å². The normalized spacial score (nSPS) is 23.0. The third kappa shape index (κ3) is 3.83. The molecule has 4 rings (SSSR count). The number of esters is 1. The van der Waals surface area contributed by atoms with E-state index in [9.17, 15) is 9.59 Å². The predicted octanol–water partition coefficient (Wildman–Crippen LogP) is 4.08. The molecule has 0 spiro atoms. The van der Waals surface area contributed by atoms with E-state index in [2.05, 4.69) is 16.9 Å². The van der Waals surface area contributed by atoms with Crippen LogP contribution in [-0.4, -0.2) is 27.8 Å². The lowest BCUT2D eigenvalue weighted by Crippen LogP contribution is -2.25. The molecule has 1 N–H and O–H groups in total. The van der Waals surface area contributed by atoms with Crippen LogP contribution in [0.15, 0.2) is 9.95 Å². The first-order valence-electron chi connectivity index (χ1n) is 9.47. The fraction of sp³-hybridized carbons (Fsp3) is 0.632. The summed E-state index contributed by atoms with van der Waals surface area (Å²) in [4.78, 5) is 34.2. The van der Waals surface area contributed by atoms with Gasteiger partial charge >= 0.3 is 5.97 Å². The zero-order valence-electron chi connectivity index (χ0n) is 15.0. The molecule has 0 saturated heterocycles. The van der Waals surface area contributed by atoms with E-state index in [1.165, 1.54) is 35.0 Å². The Morgan fingerprint density at radius 2 is 2.15 bits per heavy atom. The highest BCUT2D eigenvalue weighted by Gasteiger charge is 2.23. The maximum atomic E-state index is 12.5. The molecular weight excluding hydrogens is 368 g/mol. The van der Waals surface area contributed by atoms with Crippen LogP contribution in [0.5, 0.6) is 0 Å². The molecule has 1 fully saturated rings. The number of rotatable bonds is 4. The van der Waals surface area contributed by atoms with E-state index in [1.807, 2.05) is 0 Å². The van der Waals surface area contributed by atoms with E-state index in [0.29, 0.717) is 11.1 Å². The molecule has 0 bridgehead atoms. The fourth-order valence-corrected chi connectivity index (χ4v) is 6.01. The summed E-state index contributed by atoms with van der Waals surface area (Å²) < 4.78 is 5.59. The minimum absolute atomic E-state index is 0.0466. The van der Waals surface area contributed by atoms with Crippen LogP contribution >= 0.6 is 23.1 Å². The number of thiophene rings is 1. The van der Waals surface area contributed by atoms with Crippen LogP contribution in [0.2, 0.25) is 0 Å². The van der Waals surface area contributed by atoms with Gasteiger partial charge < -0.3 is 9.72 Å². The van der Waals surface area contributed by atoms with Gasteiger partial charge in [-0.3, -0.25) is 9.59 Å². The lowest BCUT2D eigenvalue weighted by atomic mass is 9.89. The minimum Gasteiger partial charge on any atom is -0.462 e. The average molecular weight is 393 g/mol. The van der Waals surface area contributed by atoms with Gasteiger partial charge in [-0.15, -0.1) is 11.3 Å². The summed E-state index contributed by atoms with van der Waals surface area (Å²) in [5.74, 6) is 0.589. The first-order chi connectivity index (χ1) is 12.6. The molecule has 140 valence electrons. The SMILES string of the molecule is C[C@@H]1CCC[C@@H](OC(=O)CSc2nc3sc4c(c3c(=O)[nH]2)CCCC4)C1. The number of fused-ring (bicyclic) bond motifs is 3. The number of aromatic nitrogens is 2. The molecule has 2 heterocycles. The van der Waals surface area contributed by atoms with Crippen LogP contribution in [0.4, 0.5) is 0 Å². The van der Waals surface area contributed by atoms with Crippen molar-refractivity contribution in [2.75, 3.05) is 5.75 Å². The highest BCUT2D eigenvalue weighted by molar-refractivity contribution is 7.99.